The van der Waals surface area contributed by atoms with E-state index in [1.807, 2.05) is 84.9 Å². The number of halogens is 1. The summed E-state index contributed by atoms with van der Waals surface area (Å²) in [6.07, 6.45) is 2.88. The Bertz CT molecular complexity index is 4900. The Labute approximate surface area is 585 Å². The summed E-state index contributed by atoms with van der Waals surface area (Å²) in [5.74, 6) is -0.396. The zero-order valence-corrected chi connectivity index (χ0v) is 58.6. The molecule has 16 rings (SSSR count). The van der Waals surface area contributed by atoms with Gasteiger partial charge in [0, 0.05) is 104 Å². The third-order valence-corrected chi connectivity index (χ3v) is 24.3. The largest absolute Gasteiger partial charge is 0.313 e. The number of rotatable bonds is 14. The first kappa shape index (κ1) is 64.9. The molecule has 482 valence electrons. The van der Waals surface area contributed by atoms with Crippen LogP contribution in [0.2, 0.25) is 5.02 Å². The second-order valence-electron chi connectivity index (χ2n) is 23.6. The summed E-state index contributed by atoms with van der Waals surface area (Å²) in [4.78, 5) is 76.7. The molecule has 3 amide bonds. The van der Waals surface area contributed by atoms with Crippen LogP contribution in [0.3, 0.4) is 0 Å². The number of thiophene rings is 3. The van der Waals surface area contributed by atoms with Crippen molar-refractivity contribution >= 4 is 149 Å². The van der Waals surface area contributed by atoms with Crippen LogP contribution < -0.4 is 16.0 Å². The molecule has 0 radical (unpaired) electrons. The molecule has 0 spiro atoms. The standard InChI is InChI=1S/C30H25N3O2S2.C23H20ClN3OS2.C23H21N3OS2/c1-19(34)21-11-13-22(14-12-21)28(35)32-30-27(29-31-24-9-5-6-10-25(24)36-29)23-15-16-33(18-26(23)37-30)17-20-7-3-2-4-8-20;1-2-27-12-11-16-19(13-27)30-23(26-21(28)14-7-9-15(24)10-8-14)20(16)22-25-17-5-3-4-6-18(17)29-22;1-2-26-13-12-16-19(14-26)29-23(25-21(27)15-8-4-3-5-9-15)20(16)22-24-17-10-6-7-11-18(17)28-22/h2-14H,15-18H2,1H3,(H,32,35);3-10H,2,11-13H2,1H3,(H,26,28);3-11H,2,12-14H2,1H3,(H,25,27). The number of carbonyl (C=O) groups is 4. The third kappa shape index (κ3) is 14.2. The summed E-state index contributed by atoms with van der Waals surface area (Å²) in [5, 5.41) is 15.7. The molecule has 96 heavy (non-hydrogen) atoms. The first-order valence-electron chi connectivity index (χ1n) is 32.0. The quantitative estimate of drug-likeness (QED) is 0.0897. The minimum absolute atomic E-state index is 0.0175. The predicted molar refractivity (Wildman–Crippen MR) is 401 cm³/mol. The highest BCUT2D eigenvalue weighted by Crippen LogP contribution is 2.49. The number of nitrogens with one attached hydrogen (secondary N) is 3. The van der Waals surface area contributed by atoms with Gasteiger partial charge in [-0.1, -0.05) is 123 Å². The number of Topliss-reactive ketones (excluding diaryl/α,β-unsaturated/α-hetero) is 1. The maximum atomic E-state index is 13.3. The molecule has 7 aromatic carbocycles. The highest BCUT2D eigenvalue weighted by molar-refractivity contribution is 7.24. The van der Waals surface area contributed by atoms with Crippen molar-refractivity contribution in [3.8, 4) is 31.7 Å². The van der Waals surface area contributed by atoms with E-state index < -0.39 is 0 Å². The second kappa shape index (κ2) is 29.1. The number of hydrogen-bond donors (Lipinski definition) is 3. The second-order valence-corrected chi connectivity index (χ2v) is 30.5. The molecule has 0 saturated carbocycles. The van der Waals surface area contributed by atoms with Gasteiger partial charge in [0.05, 0.1) is 30.6 Å². The number of thiazole rings is 3. The highest BCUT2D eigenvalue weighted by Gasteiger charge is 2.31. The Morgan fingerprint density at radius 1 is 0.406 bits per heavy atom. The molecular formula is C76H66ClN9O4S6. The number of nitrogens with zero attached hydrogens (tertiary/aromatic N) is 6. The lowest BCUT2D eigenvalue weighted by Crippen LogP contribution is -2.29. The zero-order chi connectivity index (χ0) is 65.8. The molecule has 3 aliphatic heterocycles. The van der Waals surface area contributed by atoms with E-state index in [0.717, 1.165) is 151 Å². The Hall–Kier alpha value is -8.44. The molecule has 3 aliphatic rings. The lowest BCUT2D eigenvalue weighted by atomic mass is 10.0. The fraction of sp³-hybridized carbons (Fsp3) is 0.197. The molecule has 0 unspecified atom stereocenters. The van der Waals surface area contributed by atoms with E-state index in [1.54, 1.807) is 117 Å². The minimum Gasteiger partial charge on any atom is -0.313 e. The number of anilines is 3. The minimum atomic E-state index is -0.183. The van der Waals surface area contributed by atoms with Gasteiger partial charge in [0.2, 0.25) is 0 Å². The maximum Gasteiger partial charge on any atom is 0.256 e. The van der Waals surface area contributed by atoms with E-state index in [4.69, 9.17) is 26.6 Å². The number of fused-ring (bicyclic) bond motifs is 6. The number of hydrogen-bond acceptors (Lipinski definition) is 16. The summed E-state index contributed by atoms with van der Waals surface area (Å²) in [5.41, 5.74) is 13.9. The van der Waals surface area contributed by atoms with E-state index >= 15 is 0 Å². The van der Waals surface area contributed by atoms with Crippen LogP contribution in [0.25, 0.3) is 62.4 Å². The van der Waals surface area contributed by atoms with E-state index in [2.05, 4.69) is 93.0 Å². The molecule has 0 aliphatic carbocycles. The number of ketones is 1. The molecule has 0 atom stereocenters. The van der Waals surface area contributed by atoms with Gasteiger partial charge in [-0.2, -0.15) is 0 Å². The number of likely N-dealkylation sites (N-methyl/N-ethyl adjacent to an activating group) is 2. The molecule has 6 aromatic heterocycles. The fourth-order valence-corrected chi connectivity index (χ4v) is 19.7. The van der Waals surface area contributed by atoms with Gasteiger partial charge in [-0.3, -0.25) is 33.9 Å². The molecule has 0 bridgehead atoms. The van der Waals surface area contributed by atoms with E-state index in [9.17, 15) is 19.2 Å². The smallest absolute Gasteiger partial charge is 0.256 e. The van der Waals surface area contributed by atoms with E-state index in [-0.39, 0.29) is 23.5 Å². The normalized spacial score (nSPS) is 13.8. The van der Waals surface area contributed by atoms with Gasteiger partial charge in [0.25, 0.3) is 17.7 Å². The Kier molecular flexibility index (Phi) is 19.7. The first-order chi connectivity index (χ1) is 46.9. The molecule has 3 N–H and O–H groups in total. The van der Waals surface area contributed by atoms with Crippen molar-refractivity contribution in [3.05, 3.63) is 246 Å². The van der Waals surface area contributed by atoms with Gasteiger partial charge in [-0.05, 0) is 146 Å². The number of benzene rings is 7. The van der Waals surface area contributed by atoms with Crippen LogP contribution in [0, 0.1) is 0 Å². The maximum absolute atomic E-state index is 13.3. The average molecular weight is 1400 g/mol. The predicted octanol–water partition coefficient (Wildman–Crippen LogP) is 19.0. The summed E-state index contributed by atoms with van der Waals surface area (Å²) in [6, 6.07) is 58.3. The van der Waals surface area contributed by atoms with E-state index in [1.165, 1.54) is 48.5 Å². The highest BCUT2D eigenvalue weighted by atomic mass is 35.5. The molecular weight excluding hydrogens is 1330 g/mol. The zero-order valence-electron chi connectivity index (χ0n) is 52.9. The van der Waals surface area contributed by atoms with Crippen molar-refractivity contribution < 1.29 is 19.2 Å². The van der Waals surface area contributed by atoms with Crippen molar-refractivity contribution in [3.63, 3.8) is 0 Å². The SMILES string of the molecule is CC(=O)c1ccc(C(=O)Nc2sc3c(c2-c2nc4ccccc4s2)CCN(Cc2ccccc2)C3)cc1.CCN1CCc2c(sc(NC(=O)c3ccc(Cl)cc3)c2-c2nc3ccccc3s2)C1.CCN1CCc2c(sc(NC(=O)c3ccccc3)c2-c2nc3ccccc3s2)C1. The average Bonchev–Trinajstić information content (AvgIpc) is 1.63. The molecule has 0 fully saturated rings. The summed E-state index contributed by atoms with van der Waals surface area (Å²) in [7, 11) is 0. The Morgan fingerprint density at radius 3 is 1.12 bits per heavy atom. The Morgan fingerprint density at radius 2 is 0.740 bits per heavy atom. The fourth-order valence-electron chi connectivity index (χ4n) is 12.3. The van der Waals surface area contributed by atoms with Gasteiger partial charge in [-0.15, -0.1) is 68.0 Å². The van der Waals surface area contributed by atoms with Gasteiger partial charge < -0.3 is 16.0 Å². The molecule has 9 heterocycles. The van der Waals surface area contributed by atoms with Crippen molar-refractivity contribution in [2.75, 3.05) is 48.7 Å². The van der Waals surface area contributed by atoms with Crippen LogP contribution >= 0.6 is 79.6 Å². The van der Waals surface area contributed by atoms with Crippen molar-refractivity contribution in [1.29, 1.82) is 0 Å². The van der Waals surface area contributed by atoms with Crippen molar-refractivity contribution in [2.45, 2.75) is 66.2 Å². The van der Waals surface area contributed by atoms with Gasteiger partial charge >= 0.3 is 0 Å². The molecule has 13 nitrogen and oxygen atoms in total. The molecule has 0 saturated heterocycles. The monoisotopic (exact) mass is 1400 g/mol. The third-order valence-electron chi connectivity index (χ3n) is 17.5. The molecule has 20 heteroatoms. The van der Waals surface area contributed by atoms with Crippen molar-refractivity contribution in [1.82, 2.24) is 29.7 Å². The van der Waals surface area contributed by atoms with Crippen molar-refractivity contribution in [2.24, 2.45) is 0 Å². The van der Waals surface area contributed by atoms with Crippen LogP contribution in [0.15, 0.2) is 182 Å². The van der Waals surface area contributed by atoms with Crippen LogP contribution in [0.1, 0.15) is 99.1 Å². The lowest BCUT2D eigenvalue weighted by molar-refractivity contribution is 0.100. The topological polar surface area (TPSA) is 153 Å². The van der Waals surface area contributed by atoms with Crippen LogP contribution in [0.4, 0.5) is 15.0 Å². The van der Waals surface area contributed by atoms with Gasteiger partial charge in [0.15, 0.2) is 5.78 Å². The lowest BCUT2D eigenvalue weighted by Gasteiger charge is -2.27. The van der Waals surface area contributed by atoms with Gasteiger partial charge in [0.1, 0.15) is 30.0 Å². The number of aromatic nitrogens is 3. The summed E-state index contributed by atoms with van der Waals surface area (Å²) < 4.78 is 3.47. The Balaban J connectivity index is 0.000000125. The number of amides is 3. The van der Waals surface area contributed by atoms with E-state index in [0.29, 0.717) is 27.3 Å². The van der Waals surface area contributed by atoms with Crippen LogP contribution in [-0.2, 0) is 45.4 Å². The summed E-state index contributed by atoms with van der Waals surface area (Å²) in [6.45, 7) is 14.6. The number of carbonyl (C=O) groups excluding carboxylic acids is 4. The molecule has 13 aromatic rings. The first-order valence-corrected chi connectivity index (χ1v) is 37.3. The van der Waals surface area contributed by atoms with Crippen LogP contribution in [-0.4, -0.2) is 85.9 Å². The summed E-state index contributed by atoms with van der Waals surface area (Å²) >= 11 is 16.1. The number of para-hydroxylation sites is 3. The van der Waals surface area contributed by atoms with Gasteiger partial charge in [-0.25, -0.2) is 15.0 Å². The van der Waals surface area contributed by atoms with Crippen LogP contribution in [0.5, 0.6) is 0 Å².